The average molecular weight is 732 g/mol. The molecule has 0 atom stereocenters. The predicted octanol–water partition coefficient (Wildman–Crippen LogP) is 14.6. The van der Waals surface area contributed by atoms with Crippen LogP contribution in [0.15, 0.2) is 171 Å². The molecule has 0 aliphatic heterocycles. The minimum absolute atomic E-state index is 0.963. The van der Waals surface area contributed by atoms with E-state index in [9.17, 15) is 0 Å². The van der Waals surface area contributed by atoms with E-state index in [0.717, 1.165) is 22.5 Å². The highest BCUT2D eigenvalue weighted by Crippen LogP contribution is 2.43. The molecule has 0 unspecified atom stereocenters. The van der Waals surface area contributed by atoms with Crippen LogP contribution in [0.5, 0.6) is 0 Å². The molecule has 56 heavy (non-hydrogen) atoms. The molecule has 0 aliphatic carbocycles. The summed E-state index contributed by atoms with van der Waals surface area (Å²) in [6.45, 7) is 6.33. The van der Waals surface area contributed by atoms with Gasteiger partial charge in [-0.05, 0) is 105 Å². The molecule has 262 valence electrons. The quantitative estimate of drug-likeness (QED) is 0.165. The van der Waals surface area contributed by atoms with Crippen molar-refractivity contribution in [3.63, 3.8) is 0 Å². The number of thiophene rings is 1. The van der Waals surface area contributed by atoms with Crippen molar-refractivity contribution in [3.8, 4) is 22.6 Å². The maximum atomic E-state index is 5.12. The van der Waals surface area contributed by atoms with Gasteiger partial charge in [-0.1, -0.05) is 116 Å². The van der Waals surface area contributed by atoms with Gasteiger partial charge < -0.3 is 4.57 Å². The molecule has 12 rings (SSSR count). The van der Waals surface area contributed by atoms with Crippen LogP contribution in [0.4, 0.5) is 0 Å². The summed E-state index contributed by atoms with van der Waals surface area (Å²) in [4.78, 5) is 5.12. The number of pyridine rings is 1. The highest BCUT2D eigenvalue weighted by molar-refractivity contribution is 7.26. The largest absolute Gasteiger partial charge is 0.313 e. The molecular weight excluding hydrogens is 699 g/mol. The molecule has 0 aliphatic rings. The number of para-hydroxylation sites is 2. The summed E-state index contributed by atoms with van der Waals surface area (Å²) in [7, 11) is 0. The molecule has 12 aromatic rings. The van der Waals surface area contributed by atoms with E-state index < -0.39 is 0 Å². The van der Waals surface area contributed by atoms with Crippen molar-refractivity contribution < 1.29 is 0 Å². The SMILES string of the molecule is C=Cc1c(C)n(-c2ccc3c(c2)c2ccccc2n3-c2nccc3c2sc2ccc(-c4ccc5c6ccccc6c6ccccc6c5c4)cc23)c2ccccc12. The second-order valence-corrected chi connectivity index (χ2v) is 15.8. The molecule has 4 aromatic heterocycles. The van der Waals surface area contributed by atoms with Crippen LogP contribution >= 0.6 is 11.3 Å². The minimum Gasteiger partial charge on any atom is -0.313 e. The number of aromatic nitrogens is 3. The fraction of sp³-hybridized carbons (Fsp3) is 0.0192. The first-order chi connectivity index (χ1) is 27.7. The Labute approximate surface area is 326 Å². The van der Waals surface area contributed by atoms with Gasteiger partial charge in [0.1, 0.15) is 0 Å². The van der Waals surface area contributed by atoms with Crippen LogP contribution in [0, 0.1) is 6.92 Å². The number of hydrogen-bond donors (Lipinski definition) is 0. The van der Waals surface area contributed by atoms with Crippen LogP contribution < -0.4 is 0 Å². The minimum atomic E-state index is 0.963. The molecule has 0 saturated heterocycles. The second-order valence-electron chi connectivity index (χ2n) is 14.8. The Morgan fingerprint density at radius 2 is 1.05 bits per heavy atom. The van der Waals surface area contributed by atoms with Gasteiger partial charge >= 0.3 is 0 Å². The average Bonchev–Trinajstić information content (AvgIpc) is 3.89. The smallest absolute Gasteiger partial charge is 0.155 e. The third kappa shape index (κ3) is 4.30. The van der Waals surface area contributed by atoms with Crippen LogP contribution in [0.3, 0.4) is 0 Å². The lowest BCUT2D eigenvalue weighted by atomic mass is 9.92. The van der Waals surface area contributed by atoms with E-state index in [0.29, 0.717) is 0 Å². The second kappa shape index (κ2) is 11.7. The lowest BCUT2D eigenvalue weighted by molar-refractivity contribution is 1.05. The highest BCUT2D eigenvalue weighted by Gasteiger charge is 2.20. The fourth-order valence-corrected chi connectivity index (χ4v) is 10.6. The van der Waals surface area contributed by atoms with E-state index in [1.54, 1.807) is 0 Å². The maximum absolute atomic E-state index is 5.12. The zero-order valence-corrected chi connectivity index (χ0v) is 31.4. The Morgan fingerprint density at radius 3 is 1.77 bits per heavy atom. The van der Waals surface area contributed by atoms with Gasteiger partial charge in [0.15, 0.2) is 5.82 Å². The molecule has 0 fully saturated rings. The Bertz CT molecular complexity index is 3600. The zero-order chi connectivity index (χ0) is 37.1. The van der Waals surface area contributed by atoms with Crippen molar-refractivity contribution in [2.24, 2.45) is 0 Å². The molecule has 0 N–H and O–H groups in total. The van der Waals surface area contributed by atoms with Gasteiger partial charge in [0.05, 0.1) is 21.3 Å². The number of fused-ring (bicyclic) bond motifs is 13. The van der Waals surface area contributed by atoms with Crippen LogP contribution in [0.1, 0.15) is 11.3 Å². The van der Waals surface area contributed by atoms with Crippen LogP contribution in [0.25, 0.3) is 114 Å². The molecule has 3 nitrogen and oxygen atoms in total. The first-order valence-electron chi connectivity index (χ1n) is 19.1. The van der Waals surface area contributed by atoms with Gasteiger partial charge in [-0.25, -0.2) is 4.98 Å². The van der Waals surface area contributed by atoms with Crippen molar-refractivity contribution in [2.75, 3.05) is 0 Å². The van der Waals surface area contributed by atoms with Gasteiger partial charge in [0, 0.05) is 54.8 Å². The predicted molar refractivity (Wildman–Crippen MR) is 241 cm³/mol. The summed E-state index contributed by atoms with van der Waals surface area (Å²) in [6.07, 6.45) is 3.95. The van der Waals surface area contributed by atoms with E-state index in [4.69, 9.17) is 4.98 Å². The molecule has 4 heteroatoms. The standard InChI is InChI=1S/C52H33N3S/c1-3-35-31(2)54(47-18-10-8-16-41(35)47)34-22-24-49-45(30-34)42-17-9-11-19-48(42)55(49)52-51-43(26-27-53-52)46-29-33(21-25-50(46)56-51)32-20-23-40-38-14-5-4-12-36(38)37-13-6-7-15-39(37)44(40)28-32/h3-30H,1H2,2H3. The van der Waals surface area contributed by atoms with Gasteiger partial charge in [0.2, 0.25) is 0 Å². The van der Waals surface area contributed by atoms with Gasteiger partial charge in [-0.3, -0.25) is 4.57 Å². The summed E-state index contributed by atoms with van der Waals surface area (Å²) in [5.41, 5.74) is 9.41. The summed E-state index contributed by atoms with van der Waals surface area (Å²) < 4.78 is 7.17. The molecule has 8 aromatic carbocycles. The lowest BCUT2D eigenvalue weighted by Gasteiger charge is -2.12. The van der Waals surface area contributed by atoms with Gasteiger partial charge in [0.25, 0.3) is 0 Å². The third-order valence-electron chi connectivity index (χ3n) is 11.9. The van der Waals surface area contributed by atoms with E-state index >= 15 is 0 Å². The van der Waals surface area contributed by atoms with Crippen molar-refractivity contribution in [2.45, 2.75) is 6.92 Å². The lowest BCUT2D eigenvalue weighted by Crippen LogP contribution is -1.99. The van der Waals surface area contributed by atoms with Crippen LogP contribution in [0.2, 0.25) is 0 Å². The summed E-state index contributed by atoms with van der Waals surface area (Å²) in [6, 6.07) is 57.9. The summed E-state index contributed by atoms with van der Waals surface area (Å²) in [5, 5.41) is 13.9. The molecule has 0 saturated carbocycles. The zero-order valence-electron chi connectivity index (χ0n) is 30.6. The summed E-state index contributed by atoms with van der Waals surface area (Å²) >= 11 is 1.83. The third-order valence-corrected chi connectivity index (χ3v) is 13.1. The van der Waals surface area contributed by atoms with Gasteiger partial charge in [-0.15, -0.1) is 11.3 Å². The number of hydrogen-bond acceptors (Lipinski definition) is 2. The Hall–Kier alpha value is -7.01. The maximum Gasteiger partial charge on any atom is 0.155 e. The van der Waals surface area contributed by atoms with E-state index in [1.165, 1.54) is 96.5 Å². The molecule has 0 spiro atoms. The van der Waals surface area contributed by atoms with Crippen LogP contribution in [-0.4, -0.2) is 14.1 Å². The van der Waals surface area contributed by atoms with Gasteiger partial charge in [-0.2, -0.15) is 0 Å². The van der Waals surface area contributed by atoms with Crippen molar-refractivity contribution in [3.05, 3.63) is 182 Å². The highest BCUT2D eigenvalue weighted by atomic mass is 32.1. The Morgan fingerprint density at radius 1 is 0.482 bits per heavy atom. The molecular formula is C52H33N3S. The van der Waals surface area contributed by atoms with E-state index in [2.05, 4.69) is 180 Å². The monoisotopic (exact) mass is 731 g/mol. The van der Waals surface area contributed by atoms with Crippen molar-refractivity contribution in [1.29, 1.82) is 0 Å². The molecule has 0 amide bonds. The molecule has 0 bridgehead atoms. The topological polar surface area (TPSA) is 22.8 Å². The normalized spacial score (nSPS) is 12.1. The Balaban J connectivity index is 1.04. The summed E-state index contributed by atoms with van der Waals surface area (Å²) in [5.74, 6) is 0.963. The van der Waals surface area contributed by atoms with E-state index in [-0.39, 0.29) is 0 Å². The molecule has 0 radical (unpaired) electrons. The van der Waals surface area contributed by atoms with Crippen molar-refractivity contribution in [1.82, 2.24) is 14.1 Å². The number of rotatable bonds is 4. The number of benzene rings is 8. The van der Waals surface area contributed by atoms with E-state index in [1.807, 2.05) is 23.6 Å². The van der Waals surface area contributed by atoms with Crippen LogP contribution in [-0.2, 0) is 0 Å². The first kappa shape index (κ1) is 31.4. The first-order valence-corrected chi connectivity index (χ1v) is 19.9. The molecule has 4 heterocycles. The van der Waals surface area contributed by atoms with Crippen molar-refractivity contribution >= 4 is 103 Å². The fourth-order valence-electron chi connectivity index (χ4n) is 9.43. The number of nitrogens with zero attached hydrogens (tertiary/aromatic N) is 3. The Kier molecular flexibility index (Phi) is 6.57.